The van der Waals surface area contributed by atoms with Gasteiger partial charge in [0.25, 0.3) is 0 Å². The molecule has 0 unspecified atom stereocenters. The van der Waals surface area contributed by atoms with Gasteiger partial charge < -0.3 is 9.88 Å². The van der Waals surface area contributed by atoms with Gasteiger partial charge in [-0.3, -0.25) is 0 Å². The van der Waals surface area contributed by atoms with E-state index in [9.17, 15) is 4.39 Å². The van der Waals surface area contributed by atoms with Crippen LogP contribution in [0.25, 0.3) is 0 Å². The first-order valence-corrected chi connectivity index (χ1v) is 5.75. The van der Waals surface area contributed by atoms with Gasteiger partial charge in [0, 0.05) is 18.9 Å². The lowest BCUT2D eigenvalue weighted by molar-refractivity contribution is 0.630. The Morgan fingerprint density at radius 2 is 2.24 bits per heavy atom. The van der Waals surface area contributed by atoms with Gasteiger partial charge in [0.15, 0.2) is 0 Å². The molecule has 0 aliphatic heterocycles. The average Bonchev–Trinajstić information content (AvgIpc) is 2.72. The zero-order valence-electron chi connectivity index (χ0n) is 10.1. The maximum Gasteiger partial charge on any atom is 0.207 e. The van der Waals surface area contributed by atoms with E-state index in [1.54, 1.807) is 18.3 Å². The Labute approximate surface area is 100 Å². The molecule has 17 heavy (non-hydrogen) atoms. The Morgan fingerprint density at radius 1 is 1.41 bits per heavy atom. The lowest BCUT2D eigenvalue weighted by Crippen LogP contribution is -2.04. The Bertz CT molecular complexity index is 505. The van der Waals surface area contributed by atoms with E-state index in [4.69, 9.17) is 0 Å². The smallest absolute Gasteiger partial charge is 0.207 e. The Kier molecular flexibility index (Phi) is 3.42. The molecule has 1 aromatic heterocycles. The van der Waals surface area contributed by atoms with Gasteiger partial charge in [-0.2, -0.15) is 0 Å². The van der Waals surface area contributed by atoms with Gasteiger partial charge >= 0.3 is 0 Å². The fourth-order valence-corrected chi connectivity index (χ4v) is 1.71. The zero-order valence-corrected chi connectivity index (χ0v) is 10.1. The largest absolute Gasteiger partial charge is 0.323 e. The number of imidazole rings is 1. The highest BCUT2D eigenvalue weighted by molar-refractivity contribution is 5.55. The molecule has 2 rings (SSSR count). The summed E-state index contributed by atoms with van der Waals surface area (Å²) in [7, 11) is 0. The summed E-state index contributed by atoms with van der Waals surface area (Å²) >= 11 is 0. The van der Waals surface area contributed by atoms with Crippen molar-refractivity contribution in [1.82, 2.24) is 9.55 Å². The molecule has 0 saturated carbocycles. The molecule has 1 N–H and O–H groups in total. The Balaban J connectivity index is 2.25. The molecule has 1 heterocycles. The molecular weight excluding hydrogens is 217 g/mol. The van der Waals surface area contributed by atoms with E-state index in [1.807, 2.05) is 17.7 Å². The van der Waals surface area contributed by atoms with Crippen molar-refractivity contribution in [3.05, 3.63) is 42.0 Å². The number of benzene rings is 1. The molecule has 0 radical (unpaired) electrons. The fourth-order valence-electron chi connectivity index (χ4n) is 1.71. The van der Waals surface area contributed by atoms with E-state index < -0.39 is 0 Å². The van der Waals surface area contributed by atoms with Crippen LogP contribution < -0.4 is 5.32 Å². The van der Waals surface area contributed by atoms with E-state index in [2.05, 4.69) is 17.2 Å². The summed E-state index contributed by atoms with van der Waals surface area (Å²) < 4.78 is 15.6. The predicted molar refractivity (Wildman–Crippen MR) is 66.9 cm³/mol. The van der Waals surface area contributed by atoms with Crippen molar-refractivity contribution in [3.8, 4) is 0 Å². The van der Waals surface area contributed by atoms with Crippen LogP contribution in [0.3, 0.4) is 0 Å². The van der Waals surface area contributed by atoms with Gasteiger partial charge in [0.2, 0.25) is 5.95 Å². The molecule has 0 aliphatic carbocycles. The van der Waals surface area contributed by atoms with Crippen LogP contribution >= 0.6 is 0 Å². The number of aryl methyl sites for hydroxylation is 2. The summed E-state index contributed by atoms with van der Waals surface area (Å²) in [5, 5.41) is 3.02. The van der Waals surface area contributed by atoms with E-state index in [1.165, 1.54) is 6.07 Å². The van der Waals surface area contributed by atoms with Gasteiger partial charge in [-0.1, -0.05) is 13.0 Å². The van der Waals surface area contributed by atoms with E-state index in [-0.39, 0.29) is 5.82 Å². The SMILES string of the molecule is CCCn1ccnc1Nc1cc(C)ccc1F. The fraction of sp³-hybridized carbons (Fsp3) is 0.308. The summed E-state index contributed by atoms with van der Waals surface area (Å²) in [5.41, 5.74) is 1.48. The normalized spacial score (nSPS) is 10.5. The van der Waals surface area contributed by atoms with Gasteiger partial charge in [-0.25, -0.2) is 9.37 Å². The molecule has 0 aliphatic rings. The van der Waals surface area contributed by atoms with Crippen LogP contribution in [0.1, 0.15) is 18.9 Å². The molecule has 1 aromatic carbocycles. The molecule has 0 spiro atoms. The maximum atomic E-state index is 13.6. The second kappa shape index (κ2) is 4.99. The Morgan fingerprint density at radius 3 is 3.00 bits per heavy atom. The number of hydrogen-bond acceptors (Lipinski definition) is 2. The zero-order chi connectivity index (χ0) is 12.3. The first kappa shape index (κ1) is 11.6. The third-order valence-corrected chi connectivity index (χ3v) is 2.55. The van der Waals surface area contributed by atoms with Crippen LogP contribution in [-0.4, -0.2) is 9.55 Å². The van der Waals surface area contributed by atoms with Crippen LogP contribution in [0.15, 0.2) is 30.6 Å². The highest BCUT2D eigenvalue weighted by Crippen LogP contribution is 2.20. The van der Waals surface area contributed by atoms with Gasteiger partial charge in [0.05, 0.1) is 5.69 Å². The first-order valence-electron chi connectivity index (χ1n) is 5.75. The molecule has 2 aromatic rings. The standard InChI is InChI=1S/C13H16FN3/c1-3-7-17-8-6-15-13(17)16-12-9-10(2)4-5-11(12)14/h4-6,8-9H,3,7H2,1-2H3,(H,15,16). The number of anilines is 2. The van der Waals surface area contributed by atoms with Crippen LogP contribution in [0.4, 0.5) is 16.0 Å². The van der Waals surface area contributed by atoms with Crippen LogP contribution in [-0.2, 0) is 6.54 Å². The third-order valence-electron chi connectivity index (χ3n) is 2.55. The third kappa shape index (κ3) is 2.64. The van der Waals surface area contributed by atoms with Gasteiger partial charge in [0.1, 0.15) is 5.82 Å². The number of hydrogen-bond donors (Lipinski definition) is 1. The average molecular weight is 233 g/mol. The number of rotatable bonds is 4. The number of nitrogens with zero attached hydrogens (tertiary/aromatic N) is 2. The highest BCUT2D eigenvalue weighted by Gasteiger charge is 2.06. The van der Waals surface area contributed by atoms with Gasteiger partial charge in [-0.15, -0.1) is 0 Å². The molecule has 0 amide bonds. The van der Waals surface area contributed by atoms with Crippen molar-refractivity contribution in [2.24, 2.45) is 0 Å². The summed E-state index contributed by atoms with van der Waals surface area (Å²) in [5.74, 6) is 0.415. The lowest BCUT2D eigenvalue weighted by Gasteiger charge is -2.10. The molecule has 3 nitrogen and oxygen atoms in total. The number of nitrogens with one attached hydrogen (secondary N) is 1. The summed E-state index contributed by atoms with van der Waals surface area (Å²) in [6, 6.07) is 4.99. The molecule has 4 heteroatoms. The summed E-state index contributed by atoms with van der Waals surface area (Å²) in [4.78, 5) is 4.19. The number of halogens is 1. The highest BCUT2D eigenvalue weighted by atomic mass is 19.1. The van der Waals surface area contributed by atoms with Crippen LogP contribution in [0.2, 0.25) is 0 Å². The minimum Gasteiger partial charge on any atom is -0.323 e. The van der Waals surface area contributed by atoms with Crippen LogP contribution in [0, 0.1) is 12.7 Å². The van der Waals surface area contributed by atoms with Crippen molar-refractivity contribution in [2.75, 3.05) is 5.32 Å². The molecule has 90 valence electrons. The van der Waals surface area contributed by atoms with Crippen molar-refractivity contribution >= 4 is 11.6 Å². The van der Waals surface area contributed by atoms with Crippen molar-refractivity contribution < 1.29 is 4.39 Å². The second-order valence-corrected chi connectivity index (χ2v) is 4.05. The van der Waals surface area contributed by atoms with E-state index in [0.29, 0.717) is 11.6 Å². The van der Waals surface area contributed by atoms with Crippen LogP contribution in [0.5, 0.6) is 0 Å². The second-order valence-electron chi connectivity index (χ2n) is 4.05. The molecular formula is C13H16FN3. The minimum absolute atomic E-state index is 0.262. The summed E-state index contributed by atoms with van der Waals surface area (Å²) in [6.07, 6.45) is 4.62. The molecule has 0 bridgehead atoms. The van der Waals surface area contributed by atoms with E-state index >= 15 is 0 Å². The minimum atomic E-state index is -0.262. The van der Waals surface area contributed by atoms with Crippen molar-refractivity contribution in [2.45, 2.75) is 26.8 Å². The molecule has 0 atom stereocenters. The number of aromatic nitrogens is 2. The topological polar surface area (TPSA) is 29.9 Å². The predicted octanol–water partition coefficient (Wildman–Crippen LogP) is 3.48. The van der Waals surface area contributed by atoms with Crippen molar-refractivity contribution in [3.63, 3.8) is 0 Å². The Hall–Kier alpha value is -1.84. The lowest BCUT2D eigenvalue weighted by atomic mass is 10.2. The first-order chi connectivity index (χ1) is 8.20. The summed E-state index contributed by atoms with van der Waals surface area (Å²) in [6.45, 7) is 4.90. The molecule has 0 fully saturated rings. The van der Waals surface area contributed by atoms with Crippen molar-refractivity contribution in [1.29, 1.82) is 0 Å². The van der Waals surface area contributed by atoms with Gasteiger partial charge in [-0.05, 0) is 31.0 Å². The monoisotopic (exact) mass is 233 g/mol. The quantitative estimate of drug-likeness (QED) is 0.876. The molecule has 0 saturated heterocycles. The maximum absolute atomic E-state index is 13.6. The van der Waals surface area contributed by atoms with E-state index in [0.717, 1.165) is 18.5 Å².